The van der Waals surface area contributed by atoms with Crippen LogP contribution in [0.5, 0.6) is 0 Å². The molecule has 3 aromatic heterocycles. The lowest BCUT2D eigenvalue weighted by molar-refractivity contribution is 0.746. The minimum absolute atomic E-state index is 0.581. The van der Waals surface area contributed by atoms with Gasteiger partial charge in [0.25, 0.3) is 0 Å². The lowest BCUT2D eigenvalue weighted by Gasteiger charge is -2.02. The van der Waals surface area contributed by atoms with Crippen LogP contribution in [0.2, 0.25) is 5.02 Å². The van der Waals surface area contributed by atoms with Gasteiger partial charge in [-0.15, -0.1) is 0 Å². The molecule has 3 aromatic rings. The number of rotatable bonds is 2. The quantitative estimate of drug-likeness (QED) is 0.739. The normalized spacial score (nSPS) is 11.3. The zero-order valence-electron chi connectivity index (χ0n) is 10.5. The van der Waals surface area contributed by atoms with Crippen LogP contribution in [0.3, 0.4) is 0 Å². The van der Waals surface area contributed by atoms with Crippen molar-refractivity contribution in [3.63, 3.8) is 0 Å². The van der Waals surface area contributed by atoms with Gasteiger partial charge >= 0.3 is 0 Å². The number of imidazole rings is 1. The molecule has 3 heterocycles. The van der Waals surface area contributed by atoms with Gasteiger partial charge in [-0.05, 0) is 24.7 Å². The summed E-state index contributed by atoms with van der Waals surface area (Å²) in [5.74, 6) is 0. The van der Waals surface area contributed by atoms with E-state index in [9.17, 15) is 0 Å². The van der Waals surface area contributed by atoms with E-state index in [-0.39, 0.29) is 0 Å². The van der Waals surface area contributed by atoms with Crippen LogP contribution >= 0.6 is 23.8 Å². The number of aromatic amines is 1. The number of pyridine rings is 1. The van der Waals surface area contributed by atoms with Crippen molar-refractivity contribution in [2.75, 3.05) is 0 Å². The Morgan fingerprint density at radius 1 is 1.47 bits per heavy atom. The Morgan fingerprint density at radius 2 is 2.26 bits per heavy atom. The van der Waals surface area contributed by atoms with Crippen LogP contribution in [0.25, 0.3) is 16.9 Å². The Balaban J connectivity index is 2.36. The summed E-state index contributed by atoms with van der Waals surface area (Å²) >= 11 is 11.3. The molecule has 0 atom stereocenters. The summed E-state index contributed by atoms with van der Waals surface area (Å²) in [6.45, 7) is 2.06. The third-order valence-electron chi connectivity index (χ3n) is 2.95. The molecule has 0 bridgehead atoms. The summed E-state index contributed by atoms with van der Waals surface area (Å²) in [5.41, 5.74) is 3.52. The van der Waals surface area contributed by atoms with E-state index in [1.54, 1.807) is 10.9 Å². The van der Waals surface area contributed by atoms with Gasteiger partial charge in [-0.3, -0.25) is 9.25 Å². The molecular formula is C12H12ClN5S. The number of nitrogens with zero attached hydrogens (tertiary/aromatic N) is 4. The monoisotopic (exact) mass is 293 g/mol. The third-order valence-corrected chi connectivity index (χ3v) is 3.44. The largest absolute Gasteiger partial charge is 0.329 e. The third kappa shape index (κ3) is 1.97. The summed E-state index contributed by atoms with van der Waals surface area (Å²) in [5, 5.41) is 5.01. The lowest BCUT2D eigenvalue weighted by atomic mass is 10.3. The van der Waals surface area contributed by atoms with E-state index >= 15 is 0 Å². The summed E-state index contributed by atoms with van der Waals surface area (Å²) in [4.78, 5) is 7.48. The van der Waals surface area contributed by atoms with E-state index < -0.39 is 0 Å². The first-order valence-electron chi connectivity index (χ1n) is 5.89. The molecule has 3 rings (SSSR count). The number of hydrogen-bond donors (Lipinski definition) is 1. The highest BCUT2D eigenvalue weighted by atomic mass is 35.5. The van der Waals surface area contributed by atoms with Crippen molar-refractivity contribution in [2.45, 2.75) is 13.3 Å². The highest BCUT2D eigenvalue weighted by Gasteiger charge is 2.14. The van der Waals surface area contributed by atoms with Crippen molar-refractivity contribution < 1.29 is 0 Å². The lowest BCUT2D eigenvalue weighted by Crippen LogP contribution is -1.98. The molecule has 0 amide bonds. The zero-order chi connectivity index (χ0) is 13.6. The number of halogens is 1. The zero-order valence-corrected chi connectivity index (χ0v) is 12.1. The molecule has 0 unspecified atom stereocenters. The van der Waals surface area contributed by atoms with Crippen molar-refractivity contribution in [3.8, 4) is 5.69 Å². The number of H-pyrrole nitrogens is 1. The number of nitrogens with one attached hydrogen (secondary N) is 1. The van der Waals surface area contributed by atoms with Crippen LogP contribution in [0.1, 0.15) is 12.6 Å². The van der Waals surface area contributed by atoms with Crippen LogP contribution in [0.15, 0.2) is 18.5 Å². The Morgan fingerprint density at radius 3 is 3.00 bits per heavy atom. The molecule has 5 nitrogen and oxygen atoms in total. The van der Waals surface area contributed by atoms with E-state index in [1.807, 2.05) is 23.9 Å². The van der Waals surface area contributed by atoms with Crippen molar-refractivity contribution in [2.24, 2.45) is 7.05 Å². The molecule has 19 heavy (non-hydrogen) atoms. The minimum atomic E-state index is 0.581. The van der Waals surface area contributed by atoms with Crippen LogP contribution in [-0.2, 0) is 13.5 Å². The number of aromatic nitrogens is 5. The van der Waals surface area contributed by atoms with Crippen molar-refractivity contribution in [3.05, 3.63) is 33.9 Å². The molecule has 98 valence electrons. The maximum Gasteiger partial charge on any atom is 0.184 e. The topological polar surface area (TPSA) is 51.4 Å². The van der Waals surface area contributed by atoms with Crippen LogP contribution < -0.4 is 0 Å². The Hall–Kier alpha value is -1.66. The Labute approximate surface area is 119 Å². The molecule has 7 heteroatoms. The van der Waals surface area contributed by atoms with Gasteiger partial charge in [0, 0.05) is 19.4 Å². The Bertz CT molecular complexity index is 813. The Kier molecular flexibility index (Phi) is 2.91. The van der Waals surface area contributed by atoms with E-state index in [0.29, 0.717) is 9.79 Å². The first kappa shape index (κ1) is 12.4. The van der Waals surface area contributed by atoms with Crippen molar-refractivity contribution >= 4 is 35.0 Å². The van der Waals surface area contributed by atoms with Gasteiger partial charge in [0.15, 0.2) is 10.4 Å². The van der Waals surface area contributed by atoms with Gasteiger partial charge in [-0.2, -0.15) is 5.10 Å². The highest BCUT2D eigenvalue weighted by Crippen LogP contribution is 2.22. The average molecular weight is 294 g/mol. The second-order valence-electron chi connectivity index (χ2n) is 4.28. The molecule has 0 spiro atoms. The molecule has 0 aliphatic heterocycles. The maximum atomic E-state index is 5.95. The molecular weight excluding hydrogens is 282 g/mol. The van der Waals surface area contributed by atoms with Gasteiger partial charge in [0.1, 0.15) is 0 Å². The first-order valence-corrected chi connectivity index (χ1v) is 6.68. The van der Waals surface area contributed by atoms with Crippen LogP contribution in [0.4, 0.5) is 0 Å². The SMILES string of the molecule is CCc1nn(C)cc1-n1c(=S)[nH]c2cc(Cl)cnc21. The number of hydrogen-bond acceptors (Lipinski definition) is 3. The van der Waals surface area contributed by atoms with Gasteiger partial charge in [-0.1, -0.05) is 18.5 Å². The predicted molar refractivity (Wildman–Crippen MR) is 77.4 cm³/mol. The molecule has 0 fully saturated rings. The van der Waals surface area contributed by atoms with Crippen molar-refractivity contribution in [1.82, 2.24) is 24.3 Å². The molecule has 0 radical (unpaired) electrons. The smallest absolute Gasteiger partial charge is 0.184 e. The van der Waals surface area contributed by atoms with E-state index in [0.717, 1.165) is 29.0 Å². The molecule has 0 saturated heterocycles. The van der Waals surface area contributed by atoms with Crippen LogP contribution in [-0.4, -0.2) is 24.3 Å². The van der Waals surface area contributed by atoms with Crippen LogP contribution in [0, 0.1) is 4.77 Å². The fourth-order valence-corrected chi connectivity index (χ4v) is 2.61. The average Bonchev–Trinajstić information content (AvgIpc) is 2.87. The first-order chi connectivity index (χ1) is 9.10. The second-order valence-corrected chi connectivity index (χ2v) is 5.10. The van der Waals surface area contributed by atoms with Gasteiger partial charge in [0.05, 0.1) is 21.9 Å². The number of fused-ring (bicyclic) bond motifs is 1. The van der Waals surface area contributed by atoms with Gasteiger partial charge in [0.2, 0.25) is 0 Å². The summed E-state index contributed by atoms with van der Waals surface area (Å²) < 4.78 is 4.27. The van der Waals surface area contributed by atoms with Gasteiger partial charge in [-0.25, -0.2) is 4.98 Å². The minimum Gasteiger partial charge on any atom is -0.329 e. The highest BCUT2D eigenvalue weighted by molar-refractivity contribution is 7.71. The summed E-state index contributed by atoms with van der Waals surface area (Å²) in [6, 6.07) is 1.82. The fourth-order valence-electron chi connectivity index (χ4n) is 2.15. The van der Waals surface area contributed by atoms with E-state index in [2.05, 4.69) is 22.0 Å². The summed E-state index contributed by atoms with van der Waals surface area (Å²) in [6.07, 6.45) is 4.39. The van der Waals surface area contributed by atoms with Crippen molar-refractivity contribution in [1.29, 1.82) is 0 Å². The fraction of sp³-hybridized carbons (Fsp3) is 0.250. The molecule has 0 aliphatic carbocycles. The van der Waals surface area contributed by atoms with Gasteiger partial charge < -0.3 is 4.98 Å². The maximum absolute atomic E-state index is 5.95. The predicted octanol–water partition coefficient (Wildman–Crippen LogP) is 3.03. The van der Waals surface area contributed by atoms with E-state index in [4.69, 9.17) is 23.8 Å². The standard InChI is InChI=1S/C12H12ClN5S/c1-3-8-10(6-17(2)16-8)18-11-9(15-12(18)19)4-7(13)5-14-11/h4-6H,3H2,1-2H3,(H,15,19). The number of aryl methyl sites for hydroxylation is 2. The molecule has 1 N–H and O–H groups in total. The molecule has 0 aliphatic rings. The summed E-state index contributed by atoms with van der Waals surface area (Å²) in [7, 11) is 1.89. The molecule has 0 saturated carbocycles. The molecule has 0 aromatic carbocycles. The second kappa shape index (κ2) is 4.47. The van der Waals surface area contributed by atoms with E-state index in [1.165, 1.54) is 0 Å².